The van der Waals surface area contributed by atoms with Gasteiger partial charge in [-0.25, -0.2) is 10.8 Å². The fourth-order valence-electron chi connectivity index (χ4n) is 2.30. The quantitative estimate of drug-likeness (QED) is 0.535. The molecule has 19 heavy (non-hydrogen) atoms. The van der Waals surface area contributed by atoms with Gasteiger partial charge in [0.25, 0.3) is 5.91 Å². The molecule has 0 bridgehead atoms. The van der Waals surface area contributed by atoms with E-state index < -0.39 is 0 Å². The number of nitrogens with zero attached hydrogens (tertiary/aromatic N) is 2. The number of hydrogen-bond acceptors (Lipinski definition) is 5. The maximum absolute atomic E-state index is 12.0. The zero-order valence-electron chi connectivity index (χ0n) is 11.2. The summed E-state index contributed by atoms with van der Waals surface area (Å²) in [5.74, 6) is 5.67. The first-order valence-corrected chi connectivity index (χ1v) is 6.65. The van der Waals surface area contributed by atoms with E-state index in [1.54, 1.807) is 18.3 Å². The van der Waals surface area contributed by atoms with Crippen LogP contribution in [0.4, 0.5) is 5.82 Å². The molecule has 1 aliphatic rings. The Morgan fingerprint density at radius 1 is 1.53 bits per heavy atom. The molecular formula is C13H21N5O. The van der Waals surface area contributed by atoms with E-state index in [0.29, 0.717) is 24.0 Å². The zero-order chi connectivity index (χ0) is 13.7. The molecule has 1 saturated heterocycles. The van der Waals surface area contributed by atoms with E-state index in [-0.39, 0.29) is 5.91 Å². The first-order chi connectivity index (χ1) is 9.20. The molecule has 6 heteroatoms. The summed E-state index contributed by atoms with van der Waals surface area (Å²) in [6.07, 6.45) is 4.08. The molecule has 1 aromatic heterocycles. The molecule has 1 fully saturated rings. The van der Waals surface area contributed by atoms with Gasteiger partial charge in [0.1, 0.15) is 5.82 Å². The number of anilines is 1. The number of hydrogen-bond donors (Lipinski definition) is 3. The van der Waals surface area contributed by atoms with E-state index in [9.17, 15) is 4.79 Å². The fourth-order valence-corrected chi connectivity index (χ4v) is 2.30. The van der Waals surface area contributed by atoms with Crippen LogP contribution in [0.3, 0.4) is 0 Å². The molecule has 1 aliphatic heterocycles. The van der Waals surface area contributed by atoms with Gasteiger partial charge in [0.15, 0.2) is 0 Å². The van der Waals surface area contributed by atoms with Crippen molar-refractivity contribution in [3.63, 3.8) is 0 Å². The van der Waals surface area contributed by atoms with Crippen molar-refractivity contribution in [3.05, 3.63) is 23.9 Å². The summed E-state index contributed by atoms with van der Waals surface area (Å²) >= 11 is 0. The van der Waals surface area contributed by atoms with Crippen LogP contribution >= 0.6 is 0 Å². The molecule has 1 atom stereocenters. The number of rotatable bonds is 5. The van der Waals surface area contributed by atoms with Gasteiger partial charge in [-0.2, -0.15) is 0 Å². The predicted octanol–water partition coefficient (Wildman–Crippen LogP) is 0.581. The minimum absolute atomic E-state index is 0.0926. The van der Waals surface area contributed by atoms with Gasteiger partial charge >= 0.3 is 0 Å². The third kappa shape index (κ3) is 3.65. The Morgan fingerprint density at radius 2 is 2.26 bits per heavy atom. The summed E-state index contributed by atoms with van der Waals surface area (Å²) in [4.78, 5) is 18.4. The van der Waals surface area contributed by atoms with Gasteiger partial charge < -0.3 is 10.7 Å². The minimum atomic E-state index is -0.0926. The van der Waals surface area contributed by atoms with Crippen LogP contribution in [0.25, 0.3) is 0 Å². The lowest BCUT2D eigenvalue weighted by atomic mass is 10.2. The highest BCUT2D eigenvalue weighted by Gasteiger charge is 2.18. The highest BCUT2D eigenvalue weighted by atomic mass is 16.1. The van der Waals surface area contributed by atoms with Gasteiger partial charge in [0.2, 0.25) is 0 Å². The number of nitrogen functional groups attached to an aromatic ring is 1. The first-order valence-electron chi connectivity index (χ1n) is 6.65. The Hall–Kier alpha value is -1.66. The zero-order valence-corrected chi connectivity index (χ0v) is 11.2. The molecule has 2 heterocycles. The topological polar surface area (TPSA) is 83.3 Å². The van der Waals surface area contributed by atoms with Crippen molar-refractivity contribution in [1.82, 2.24) is 15.2 Å². The molecule has 6 nitrogen and oxygen atoms in total. The lowest BCUT2D eigenvalue weighted by molar-refractivity contribution is 0.0940. The smallest absolute Gasteiger partial charge is 0.251 e. The maximum atomic E-state index is 12.0. The van der Waals surface area contributed by atoms with E-state index in [1.807, 2.05) is 0 Å². The summed E-state index contributed by atoms with van der Waals surface area (Å²) in [7, 11) is 0. The van der Waals surface area contributed by atoms with E-state index in [1.165, 1.54) is 12.8 Å². The van der Waals surface area contributed by atoms with E-state index in [0.717, 1.165) is 13.1 Å². The Kier molecular flexibility index (Phi) is 4.70. The van der Waals surface area contributed by atoms with Crippen LogP contribution in [0, 0.1) is 0 Å². The molecule has 1 unspecified atom stereocenters. The number of pyridine rings is 1. The van der Waals surface area contributed by atoms with Gasteiger partial charge in [-0.3, -0.25) is 9.69 Å². The SMILES string of the molecule is CC(CNC(=O)c1ccnc(NN)c1)N1CCCC1. The third-order valence-electron chi connectivity index (χ3n) is 3.49. The summed E-state index contributed by atoms with van der Waals surface area (Å²) in [5, 5.41) is 2.95. The Bertz CT molecular complexity index is 431. The lowest BCUT2D eigenvalue weighted by Crippen LogP contribution is -2.40. The number of nitrogens with one attached hydrogen (secondary N) is 2. The predicted molar refractivity (Wildman–Crippen MR) is 74.6 cm³/mol. The maximum Gasteiger partial charge on any atom is 0.251 e. The Morgan fingerprint density at radius 3 is 2.95 bits per heavy atom. The third-order valence-corrected chi connectivity index (χ3v) is 3.49. The normalized spacial score (nSPS) is 17.2. The summed E-state index contributed by atoms with van der Waals surface area (Å²) < 4.78 is 0. The second-order valence-electron chi connectivity index (χ2n) is 4.88. The van der Waals surface area contributed by atoms with Crippen LogP contribution < -0.4 is 16.6 Å². The van der Waals surface area contributed by atoms with Gasteiger partial charge in [0.05, 0.1) is 0 Å². The van der Waals surface area contributed by atoms with Crippen LogP contribution in [0.5, 0.6) is 0 Å². The molecule has 0 saturated carbocycles. The van der Waals surface area contributed by atoms with Crippen molar-refractivity contribution in [2.24, 2.45) is 5.84 Å². The van der Waals surface area contributed by atoms with Crippen molar-refractivity contribution in [2.45, 2.75) is 25.8 Å². The van der Waals surface area contributed by atoms with Crippen molar-refractivity contribution in [2.75, 3.05) is 25.1 Å². The highest BCUT2D eigenvalue weighted by Crippen LogP contribution is 2.11. The number of amides is 1. The molecule has 0 aliphatic carbocycles. The number of nitrogens with two attached hydrogens (primary N) is 1. The van der Waals surface area contributed by atoms with Gasteiger partial charge in [-0.15, -0.1) is 0 Å². The fraction of sp³-hybridized carbons (Fsp3) is 0.538. The second kappa shape index (κ2) is 6.49. The van der Waals surface area contributed by atoms with Crippen LogP contribution in [-0.4, -0.2) is 41.5 Å². The number of likely N-dealkylation sites (tertiary alicyclic amines) is 1. The number of carbonyl (C=O) groups excluding carboxylic acids is 1. The minimum Gasteiger partial charge on any atom is -0.350 e. The van der Waals surface area contributed by atoms with E-state index >= 15 is 0 Å². The van der Waals surface area contributed by atoms with E-state index in [2.05, 4.69) is 27.6 Å². The number of carbonyl (C=O) groups is 1. The van der Waals surface area contributed by atoms with Gasteiger partial charge in [-0.05, 0) is 45.0 Å². The summed E-state index contributed by atoms with van der Waals surface area (Å²) in [6.45, 7) is 5.07. The van der Waals surface area contributed by atoms with Gasteiger partial charge in [0, 0.05) is 24.3 Å². The number of aromatic nitrogens is 1. The van der Waals surface area contributed by atoms with Gasteiger partial charge in [-0.1, -0.05) is 0 Å². The molecule has 1 amide bonds. The highest BCUT2D eigenvalue weighted by molar-refractivity contribution is 5.94. The van der Waals surface area contributed by atoms with Crippen LogP contribution in [0.2, 0.25) is 0 Å². The molecule has 2 rings (SSSR count). The van der Waals surface area contributed by atoms with Crippen LogP contribution in [0.1, 0.15) is 30.1 Å². The van der Waals surface area contributed by atoms with Crippen molar-refractivity contribution in [1.29, 1.82) is 0 Å². The summed E-state index contributed by atoms with van der Waals surface area (Å²) in [6, 6.07) is 3.69. The monoisotopic (exact) mass is 263 g/mol. The standard InChI is InChI=1S/C13H21N5O/c1-10(18-6-2-3-7-18)9-16-13(19)11-4-5-15-12(8-11)17-14/h4-5,8,10H,2-3,6-7,9,14H2,1H3,(H,15,17)(H,16,19). The van der Waals surface area contributed by atoms with Crippen LogP contribution in [-0.2, 0) is 0 Å². The largest absolute Gasteiger partial charge is 0.350 e. The molecule has 0 spiro atoms. The molecule has 4 N–H and O–H groups in total. The Labute approximate surface area is 113 Å². The van der Waals surface area contributed by atoms with Crippen LogP contribution in [0.15, 0.2) is 18.3 Å². The van der Waals surface area contributed by atoms with Crippen molar-refractivity contribution < 1.29 is 4.79 Å². The van der Waals surface area contributed by atoms with Crippen molar-refractivity contribution in [3.8, 4) is 0 Å². The summed E-state index contributed by atoms with van der Waals surface area (Å²) in [5.41, 5.74) is 3.00. The molecule has 0 radical (unpaired) electrons. The average molecular weight is 263 g/mol. The van der Waals surface area contributed by atoms with Crippen molar-refractivity contribution >= 4 is 11.7 Å². The molecule has 0 aromatic carbocycles. The molecular weight excluding hydrogens is 242 g/mol. The van der Waals surface area contributed by atoms with E-state index in [4.69, 9.17) is 5.84 Å². The molecule has 1 aromatic rings. The Balaban J connectivity index is 1.86. The first kappa shape index (κ1) is 13.8. The number of hydrazine groups is 1. The lowest BCUT2D eigenvalue weighted by Gasteiger charge is -2.23. The average Bonchev–Trinajstić information content (AvgIpc) is 2.98. The second-order valence-corrected chi connectivity index (χ2v) is 4.88. The molecule has 104 valence electrons.